The van der Waals surface area contributed by atoms with Crippen LogP contribution in [0, 0.1) is 6.92 Å². The highest BCUT2D eigenvalue weighted by Crippen LogP contribution is 2.26. The normalized spacial score (nSPS) is 12.0. The highest BCUT2D eigenvalue weighted by atomic mass is 32.2. The Bertz CT molecular complexity index is 596. The number of carboxylic acids is 1. The Morgan fingerprint density at radius 2 is 1.95 bits per heavy atom. The smallest absolute Gasteiger partial charge is 0.346 e. The lowest BCUT2D eigenvalue weighted by molar-refractivity contribution is -0.129. The van der Waals surface area contributed by atoms with E-state index in [1.165, 1.54) is 6.92 Å². The molecule has 7 nitrogen and oxygen atoms in total. The third-order valence-corrected chi connectivity index (χ3v) is 4.09. The molecule has 21 heavy (non-hydrogen) atoms. The molecular weight excluding hydrogens is 294 g/mol. The van der Waals surface area contributed by atoms with Crippen LogP contribution in [0.2, 0.25) is 0 Å². The summed E-state index contributed by atoms with van der Waals surface area (Å²) in [6, 6.07) is 0. The fraction of sp³-hybridized carbons (Fsp3) is 0.538. The molecule has 8 heteroatoms. The maximum Gasteiger partial charge on any atom is 0.346 e. The number of hydrogen-bond acceptors (Lipinski definition) is 5. The molecule has 116 valence electrons. The van der Waals surface area contributed by atoms with Gasteiger partial charge in [0.25, 0.3) is 0 Å². The van der Waals surface area contributed by atoms with Gasteiger partial charge in [-0.3, -0.25) is 4.79 Å². The molecule has 0 aliphatic heterocycles. The third kappa shape index (κ3) is 4.07. The SMILES string of the molecule is CCN(CC)C(=O)C(C)Sc1nc(=O)[nH]c(C)c1C(=O)O. The number of rotatable bonds is 6. The van der Waals surface area contributed by atoms with Crippen molar-refractivity contribution in [3.05, 3.63) is 21.7 Å². The number of aromatic nitrogens is 2. The molecule has 2 N–H and O–H groups in total. The number of aryl methyl sites for hydroxylation is 1. The molecule has 0 saturated heterocycles. The standard InChI is InChI=1S/C13H19N3O4S/c1-5-16(6-2)11(17)8(4)21-10-9(12(18)19)7(3)14-13(20)15-10/h8H,5-6H2,1-4H3,(H,18,19)(H,14,15,20). The van der Waals surface area contributed by atoms with E-state index in [4.69, 9.17) is 0 Å². The van der Waals surface area contributed by atoms with Crippen molar-refractivity contribution in [2.24, 2.45) is 0 Å². The number of carboxylic acid groups (broad SMARTS) is 1. The quantitative estimate of drug-likeness (QED) is 0.602. The van der Waals surface area contributed by atoms with E-state index < -0.39 is 16.9 Å². The van der Waals surface area contributed by atoms with E-state index >= 15 is 0 Å². The Kier molecular flexibility index (Phi) is 5.95. The van der Waals surface area contributed by atoms with E-state index in [0.717, 1.165) is 11.8 Å². The number of aromatic amines is 1. The van der Waals surface area contributed by atoms with Crippen molar-refractivity contribution in [3.8, 4) is 0 Å². The number of carbonyl (C=O) groups excluding carboxylic acids is 1. The van der Waals surface area contributed by atoms with Crippen LogP contribution < -0.4 is 5.69 Å². The van der Waals surface area contributed by atoms with Gasteiger partial charge in [-0.2, -0.15) is 4.98 Å². The van der Waals surface area contributed by atoms with Crippen LogP contribution in [0.4, 0.5) is 0 Å². The van der Waals surface area contributed by atoms with E-state index in [0.29, 0.717) is 13.1 Å². The lowest BCUT2D eigenvalue weighted by Gasteiger charge is -2.22. The van der Waals surface area contributed by atoms with Crippen LogP contribution in [-0.2, 0) is 4.79 Å². The number of nitrogens with zero attached hydrogens (tertiary/aromatic N) is 2. The minimum atomic E-state index is -1.18. The lowest BCUT2D eigenvalue weighted by atomic mass is 10.2. The van der Waals surface area contributed by atoms with Gasteiger partial charge >= 0.3 is 11.7 Å². The first-order valence-corrected chi connectivity index (χ1v) is 7.49. The lowest BCUT2D eigenvalue weighted by Crippen LogP contribution is -2.36. The second-order valence-corrected chi connectivity index (χ2v) is 5.75. The molecule has 0 saturated carbocycles. The fourth-order valence-electron chi connectivity index (χ4n) is 1.91. The van der Waals surface area contributed by atoms with E-state index in [1.807, 2.05) is 13.8 Å². The molecule has 0 aromatic carbocycles. The zero-order valence-electron chi connectivity index (χ0n) is 12.5. The summed E-state index contributed by atoms with van der Waals surface area (Å²) in [7, 11) is 0. The van der Waals surface area contributed by atoms with Gasteiger partial charge in [0.2, 0.25) is 5.91 Å². The van der Waals surface area contributed by atoms with Crippen LogP contribution in [0.3, 0.4) is 0 Å². The number of thioether (sulfide) groups is 1. The maximum atomic E-state index is 12.2. The first kappa shape index (κ1) is 17.2. The van der Waals surface area contributed by atoms with Crippen LogP contribution in [0.1, 0.15) is 36.8 Å². The molecule has 1 unspecified atom stereocenters. The van der Waals surface area contributed by atoms with Gasteiger partial charge in [0.05, 0.1) is 5.25 Å². The maximum absolute atomic E-state index is 12.2. The van der Waals surface area contributed by atoms with Crippen molar-refractivity contribution in [2.75, 3.05) is 13.1 Å². The van der Waals surface area contributed by atoms with Gasteiger partial charge in [0, 0.05) is 18.8 Å². The highest BCUT2D eigenvalue weighted by molar-refractivity contribution is 8.00. The average molecular weight is 313 g/mol. The van der Waals surface area contributed by atoms with Crippen molar-refractivity contribution < 1.29 is 14.7 Å². The summed E-state index contributed by atoms with van der Waals surface area (Å²) in [5, 5.41) is 8.77. The molecular formula is C13H19N3O4S. The first-order valence-electron chi connectivity index (χ1n) is 6.61. The van der Waals surface area contributed by atoms with Gasteiger partial charge in [-0.25, -0.2) is 9.59 Å². The summed E-state index contributed by atoms with van der Waals surface area (Å²) in [5.74, 6) is -1.29. The van der Waals surface area contributed by atoms with Crippen molar-refractivity contribution in [3.63, 3.8) is 0 Å². The van der Waals surface area contributed by atoms with Gasteiger partial charge in [-0.1, -0.05) is 11.8 Å². The summed E-state index contributed by atoms with van der Waals surface area (Å²) >= 11 is 0.991. The molecule has 0 fully saturated rings. The number of H-pyrrole nitrogens is 1. The monoisotopic (exact) mass is 313 g/mol. The molecule has 0 aliphatic carbocycles. The van der Waals surface area contributed by atoms with Crippen molar-refractivity contribution in [1.29, 1.82) is 0 Å². The zero-order chi connectivity index (χ0) is 16.2. The van der Waals surface area contributed by atoms with Gasteiger partial charge in [0.15, 0.2) is 0 Å². The Balaban J connectivity index is 3.10. The van der Waals surface area contributed by atoms with Gasteiger partial charge in [-0.05, 0) is 27.7 Å². The second-order valence-electron chi connectivity index (χ2n) is 4.42. The number of amides is 1. The van der Waals surface area contributed by atoms with E-state index in [-0.39, 0.29) is 22.2 Å². The number of hydrogen-bond donors (Lipinski definition) is 2. The van der Waals surface area contributed by atoms with Crippen LogP contribution in [0.15, 0.2) is 9.82 Å². The predicted molar refractivity (Wildman–Crippen MR) is 79.8 cm³/mol. The topological polar surface area (TPSA) is 103 Å². The predicted octanol–water partition coefficient (Wildman–Crippen LogP) is 1.13. The summed E-state index contributed by atoms with van der Waals surface area (Å²) in [6.07, 6.45) is 0. The Morgan fingerprint density at radius 3 is 2.43 bits per heavy atom. The molecule has 0 spiro atoms. The first-order chi connectivity index (χ1) is 9.81. The van der Waals surface area contributed by atoms with Crippen molar-refractivity contribution >= 4 is 23.6 Å². The highest BCUT2D eigenvalue weighted by Gasteiger charge is 2.24. The Hall–Kier alpha value is -1.83. The largest absolute Gasteiger partial charge is 0.478 e. The molecule has 1 aromatic rings. The number of nitrogens with one attached hydrogen (secondary N) is 1. The second kappa shape index (κ2) is 7.26. The zero-order valence-corrected chi connectivity index (χ0v) is 13.3. The third-order valence-electron chi connectivity index (χ3n) is 3.01. The van der Waals surface area contributed by atoms with Crippen LogP contribution in [-0.4, -0.2) is 50.2 Å². The number of aromatic carboxylic acids is 1. The summed E-state index contributed by atoms with van der Waals surface area (Å²) < 4.78 is 0. The van der Waals surface area contributed by atoms with Gasteiger partial charge < -0.3 is 15.0 Å². The van der Waals surface area contributed by atoms with Crippen LogP contribution in [0.25, 0.3) is 0 Å². The van der Waals surface area contributed by atoms with Gasteiger partial charge in [0.1, 0.15) is 10.6 Å². The van der Waals surface area contributed by atoms with Gasteiger partial charge in [-0.15, -0.1) is 0 Å². The molecule has 1 heterocycles. The van der Waals surface area contributed by atoms with Crippen molar-refractivity contribution in [1.82, 2.24) is 14.9 Å². The Morgan fingerprint density at radius 1 is 1.38 bits per heavy atom. The minimum Gasteiger partial charge on any atom is -0.478 e. The molecule has 1 amide bonds. The summed E-state index contributed by atoms with van der Waals surface area (Å²) in [6.45, 7) is 8.07. The molecule has 0 radical (unpaired) electrons. The average Bonchev–Trinajstić information content (AvgIpc) is 2.38. The molecule has 1 rings (SSSR count). The van der Waals surface area contributed by atoms with E-state index in [9.17, 15) is 19.5 Å². The Labute approximate surface area is 126 Å². The summed E-state index contributed by atoms with van der Waals surface area (Å²) in [4.78, 5) is 42.6. The van der Waals surface area contributed by atoms with E-state index in [1.54, 1.807) is 11.8 Å². The summed E-state index contributed by atoms with van der Waals surface area (Å²) in [5.41, 5.74) is -0.464. The van der Waals surface area contributed by atoms with Crippen LogP contribution >= 0.6 is 11.8 Å². The number of carbonyl (C=O) groups is 2. The molecule has 1 aromatic heterocycles. The fourth-order valence-corrected chi connectivity index (χ4v) is 2.99. The molecule has 0 bridgehead atoms. The molecule has 1 atom stereocenters. The molecule has 0 aliphatic rings. The van der Waals surface area contributed by atoms with E-state index in [2.05, 4.69) is 9.97 Å². The van der Waals surface area contributed by atoms with Crippen molar-refractivity contribution in [2.45, 2.75) is 38.0 Å². The van der Waals surface area contributed by atoms with Crippen LogP contribution in [0.5, 0.6) is 0 Å². The minimum absolute atomic E-state index is 0.0664.